The van der Waals surface area contributed by atoms with Crippen LogP contribution in [0.3, 0.4) is 0 Å². The molecule has 0 aliphatic heterocycles. The van der Waals surface area contributed by atoms with Gasteiger partial charge in [-0.25, -0.2) is 9.37 Å². The van der Waals surface area contributed by atoms with E-state index in [1.807, 2.05) is 6.07 Å². The Kier molecular flexibility index (Phi) is 3.66. The van der Waals surface area contributed by atoms with Crippen molar-refractivity contribution in [1.29, 1.82) is 0 Å². The second-order valence-electron chi connectivity index (χ2n) is 5.99. The van der Waals surface area contributed by atoms with E-state index in [1.165, 1.54) is 40.3 Å². The van der Waals surface area contributed by atoms with Crippen molar-refractivity contribution in [2.45, 2.75) is 26.2 Å². The molecule has 1 aromatic carbocycles. The zero-order valence-corrected chi connectivity index (χ0v) is 14.2. The van der Waals surface area contributed by atoms with Crippen molar-refractivity contribution in [3.8, 4) is 0 Å². The summed E-state index contributed by atoms with van der Waals surface area (Å²) in [6.45, 7) is 2.25. The molecule has 1 atom stereocenters. The summed E-state index contributed by atoms with van der Waals surface area (Å²) >= 11 is 2.87. The molecule has 1 amide bonds. The van der Waals surface area contributed by atoms with Crippen LogP contribution < -0.4 is 5.32 Å². The Bertz CT molecular complexity index is 899. The first-order chi connectivity index (χ1) is 11.1. The maximum atomic E-state index is 13.2. The van der Waals surface area contributed by atoms with E-state index in [1.54, 1.807) is 17.4 Å². The molecule has 2 heterocycles. The van der Waals surface area contributed by atoms with Gasteiger partial charge in [-0.3, -0.25) is 10.1 Å². The van der Waals surface area contributed by atoms with Crippen molar-refractivity contribution in [3.63, 3.8) is 0 Å². The number of nitrogens with zero attached hydrogens (tertiary/aromatic N) is 1. The molecule has 23 heavy (non-hydrogen) atoms. The number of carbonyl (C=O) groups excluding carboxylic acids is 1. The number of aryl methyl sites for hydroxylation is 1. The van der Waals surface area contributed by atoms with Gasteiger partial charge >= 0.3 is 0 Å². The molecule has 2 aromatic heterocycles. The van der Waals surface area contributed by atoms with Gasteiger partial charge in [-0.2, -0.15) is 0 Å². The zero-order valence-electron chi connectivity index (χ0n) is 12.6. The summed E-state index contributed by atoms with van der Waals surface area (Å²) in [5, 5.41) is 3.35. The highest BCUT2D eigenvalue weighted by atomic mass is 32.1. The van der Waals surface area contributed by atoms with Gasteiger partial charge in [-0.05, 0) is 55.0 Å². The number of fused-ring (bicyclic) bond motifs is 2. The van der Waals surface area contributed by atoms with Crippen molar-refractivity contribution in [1.82, 2.24) is 4.98 Å². The largest absolute Gasteiger partial charge is 0.297 e. The van der Waals surface area contributed by atoms with E-state index < -0.39 is 0 Å². The fourth-order valence-corrected chi connectivity index (χ4v) is 4.92. The third-order valence-corrected chi connectivity index (χ3v) is 6.29. The molecule has 3 aromatic rings. The minimum absolute atomic E-state index is 0.128. The first-order valence-corrected chi connectivity index (χ1v) is 9.21. The number of halogens is 1. The Morgan fingerprint density at radius 2 is 2.22 bits per heavy atom. The Labute approximate surface area is 141 Å². The number of rotatable bonds is 2. The summed E-state index contributed by atoms with van der Waals surface area (Å²) in [5.74, 6) is 0.267. The molecule has 0 radical (unpaired) electrons. The normalized spacial score (nSPS) is 17.2. The van der Waals surface area contributed by atoms with Crippen LogP contribution in [-0.4, -0.2) is 10.9 Å². The van der Waals surface area contributed by atoms with Crippen molar-refractivity contribution in [3.05, 3.63) is 45.4 Å². The van der Waals surface area contributed by atoms with Gasteiger partial charge in [-0.1, -0.05) is 18.3 Å². The minimum atomic E-state index is -0.293. The molecule has 6 heteroatoms. The van der Waals surface area contributed by atoms with E-state index in [-0.39, 0.29) is 11.7 Å². The molecule has 1 aliphatic rings. The van der Waals surface area contributed by atoms with Gasteiger partial charge < -0.3 is 0 Å². The summed E-state index contributed by atoms with van der Waals surface area (Å²) in [6, 6.07) is 6.45. The maximum Gasteiger partial charge on any atom is 0.267 e. The summed E-state index contributed by atoms with van der Waals surface area (Å²) in [5.41, 5.74) is 2.01. The Morgan fingerprint density at radius 1 is 1.35 bits per heavy atom. The monoisotopic (exact) mass is 346 g/mol. The van der Waals surface area contributed by atoms with Crippen molar-refractivity contribution in [2.24, 2.45) is 5.92 Å². The van der Waals surface area contributed by atoms with Crippen molar-refractivity contribution >= 4 is 43.9 Å². The summed E-state index contributed by atoms with van der Waals surface area (Å²) in [4.78, 5) is 18.9. The number of nitrogens with one attached hydrogen (secondary N) is 1. The van der Waals surface area contributed by atoms with Crippen LogP contribution in [-0.2, 0) is 12.8 Å². The highest BCUT2D eigenvalue weighted by Gasteiger charge is 2.21. The lowest BCUT2D eigenvalue weighted by Crippen LogP contribution is -2.10. The van der Waals surface area contributed by atoms with Gasteiger partial charge in [0.05, 0.1) is 15.1 Å². The van der Waals surface area contributed by atoms with Gasteiger partial charge in [0.15, 0.2) is 5.13 Å². The summed E-state index contributed by atoms with van der Waals surface area (Å²) in [7, 11) is 0. The molecule has 1 unspecified atom stereocenters. The van der Waals surface area contributed by atoms with Crippen LogP contribution in [0.5, 0.6) is 0 Å². The number of amides is 1. The van der Waals surface area contributed by atoms with Gasteiger partial charge in [0.25, 0.3) is 5.91 Å². The molecule has 0 saturated heterocycles. The van der Waals surface area contributed by atoms with Crippen LogP contribution in [0, 0.1) is 11.7 Å². The molecule has 0 saturated carbocycles. The quantitative estimate of drug-likeness (QED) is 0.719. The molecule has 1 aliphatic carbocycles. The number of benzene rings is 1. The number of aromatic nitrogens is 1. The van der Waals surface area contributed by atoms with E-state index in [9.17, 15) is 9.18 Å². The van der Waals surface area contributed by atoms with Gasteiger partial charge in [0.2, 0.25) is 0 Å². The number of thiazole rings is 1. The fourth-order valence-electron chi connectivity index (χ4n) is 2.93. The minimum Gasteiger partial charge on any atom is -0.297 e. The molecular weight excluding hydrogens is 331 g/mol. The van der Waals surface area contributed by atoms with E-state index in [4.69, 9.17) is 0 Å². The second kappa shape index (κ2) is 5.69. The Balaban J connectivity index is 1.57. The molecule has 1 N–H and O–H groups in total. The summed E-state index contributed by atoms with van der Waals surface area (Å²) in [6.07, 6.45) is 3.31. The molecular formula is C17H15FN2OS2. The number of thiophene rings is 1. The third-order valence-electron chi connectivity index (χ3n) is 4.12. The number of hydrogen-bond donors (Lipinski definition) is 1. The molecule has 0 spiro atoms. The molecule has 0 bridgehead atoms. The Hall–Kier alpha value is -1.79. The molecule has 3 nitrogen and oxygen atoms in total. The fraction of sp³-hybridized carbons (Fsp3) is 0.294. The number of anilines is 1. The Morgan fingerprint density at radius 3 is 3.09 bits per heavy atom. The standard InChI is InChI=1S/C17H15FN2OS2/c1-9-2-5-13-10(6-9)7-15(22-13)16(21)20-17-19-12-4-3-11(18)8-14(12)23-17/h3-4,7-9H,2,5-6H2,1H3,(H,19,20,21). The highest BCUT2D eigenvalue weighted by molar-refractivity contribution is 7.22. The number of carbonyl (C=O) groups is 1. The molecule has 118 valence electrons. The van der Waals surface area contributed by atoms with Crippen LogP contribution in [0.4, 0.5) is 9.52 Å². The number of hydrogen-bond acceptors (Lipinski definition) is 4. The van der Waals surface area contributed by atoms with Crippen molar-refractivity contribution < 1.29 is 9.18 Å². The first kappa shape index (κ1) is 14.8. The SMILES string of the molecule is CC1CCc2sc(C(=O)Nc3nc4ccc(F)cc4s3)cc2C1. The second-order valence-corrected chi connectivity index (χ2v) is 8.16. The average Bonchev–Trinajstić information content (AvgIpc) is 3.09. The average molecular weight is 346 g/mol. The smallest absolute Gasteiger partial charge is 0.267 e. The molecule has 4 rings (SSSR count). The zero-order chi connectivity index (χ0) is 16.0. The van der Waals surface area contributed by atoms with E-state index in [0.717, 1.165) is 22.4 Å². The predicted molar refractivity (Wildman–Crippen MR) is 93.0 cm³/mol. The van der Waals surface area contributed by atoms with E-state index >= 15 is 0 Å². The van der Waals surface area contributed by atoms with Crippen LogP contribution >= 0.6 is 22.7 Å². The van der Waals surface area contributed by atoms with Gasteiger partial charge in [-0.15, -0.1) is 11.3 Å². The predicted octanol–water partition coefficient (Wildman–Crippen LogP) is 4.87. The lowest BCUT2D eigenvalue weighted by Gasteiger charge is -2.16. The van der Waals surface area contributed by atoms with Crippen LogP contribution in [0.2, 0.25) is 0 Å². The maximum absolute atomic E-state index is 13.2. The highest BCUT2D eigenvalue weighted by Crippen LogP contribution is 2.33. The van der Waals surface area contributed by atoms with Gasteiger partial charge in [0, 0.05) is 4.88 Å². The van der Waals surface area contributed by atoms with Gasteiger partial charge in [0.1, 0.15) is 5.82 Å². The van der Waals surface area contributed by atoms with Crippen molar-refractivity contribution in [2.75, 3.05) is 5.32 Å². The van der Waals surface area contributed by atoms with Crippen LogP contribution in [0.1, 0.15) is 33.5 Å². The topological polar surface area (TPSA) is 42.0 Å². The lowest BCUT2D eigenvalue weighted by molar-refractivity contribution is 0.103. The van der Waals surface area contributed by atoms with E-state index in [0.29, 0.717) is 16.6 Å². The molecule has 0 fully saturated rings. The summed E-state index contributed by atoms with van der Waals surface area (Å²) < 4.78 is 14.0. The lowest BCUT2D eigenvalue weighted by atomic mass is 9.90. The van der Waals surface area contributed by atoms with E-state index in [2.05, 4.69) is 17.2 Å². The first-order valence-electron chi connectivity index (χ1n) is 7.57. The third kappa shape index (κ3) is 2.88. The van der Waals surface area contributed by atoms with Crippen LogP contribution in [0.25, 0.3) is 10.2 Å². The van der Waals surface area contributed by atoms with Crippen LogP contribution in [0.15, 0.2) is 24.3 Å².